The fourth-order valence-corrected chi connectivity index (χ4v) is 1.73. The molecule has 17 heavy (non-hydrogen) atoms. The van der Waals surface area contributed by atoms with Crippen LogP contribution in [0.3, 0.4) is 0 Å². The van der Waals surface area contributed by atoms with Crippen molar-refractivity contribution in [3.8, 4) is 23.0 Å². The van der Waals surface area contributed by atoms with Crippen LogP contribution < -0.4 is 0 Å². The maximum absolute atomic E-state index is 9.68. The number of aromatic nitrogens is 2. The highest BCUT2D eigenvalue weighted by molar-refractivity contribution is 5.66. The number of para-hydroxylation sites is 1. The lowest BCUT2D eigenvalue weighted by Gasteiger charge is -2.00. The molecule has 1 aliphatic rings. The van der Waals surface area contributed by atoms with Crippen LogP contribution in [0.15, 0.2) is 22.7 Å². The van der Waals surface area contributed by atoms with Crippen molar-refractivity contribution in [3.05, 3.63) is 24.0 Å². The molecule has 1 saturated carbocycles. The fraction of sp³-hybridized carbons (Fsp3) is 0.333. The molecular weight excluding hydrogens is 220 g/mol. The number of hydrogen-bond donors (Lipinski definition) is 2. The van der Waals surface area contributed by atoms with Crippen LogP contribution in [-0.4, -0.2) is 20.4 Å². The van der Waals surface area contributed by atoms with Gasteiger partial charge in [-0.3, -0.25) is 0 Å². The van der Waals surface area contributed by atoms with Crippen LogP contribution in [0.4, 0.5) is 0 Å². The number of aromatic hydroxyl groups is 2. The third kappa shape index (κ3) is 1.95. The molecule has 5 heteroatoms. The third-order valence-electron chi connectivity index (χ3n) is 2.88. The molecule has 0 bridgehead atoms. The van der Waals surface area contributed by atoms with E-state index in [1.807, 2.05) is 0 Å². The van der Waals surface area contributed by atoms with E-state index in [0.29, 0.717) is 17.3 Å². The van der Waals surface area contributed by atoms with Gasteiger partial charge in [-0.1, -0.05) is 11.2 Å². The number of phenols is 2. The summed E-state index contributed by atoms with van der Waals surface area (Å²) in [6, 6.07) is 4.65. The minimum atomic E-state index is -0.228. The van der Waals surface area contributed by atoms with E-state index in [0.717, 1.165) is 6.42 Å². The van der Waals surface area contributed by atoms with E-state index < -0.39 is 0 Å². The summed E-state index contributed by atoms with van der Waals surface area (Å²) < 4.78 is 5.08. The lowest BCUT2D eigenvalue weighted by atomic mass is 10.2. The Hall–Kier alpha value is -2.04. The van der Waals surface area contributed by atoms with Crippen molar-refractivity contribution in [2.45, 2.75) is 19.3 Å². The van der Waals surface area contributed by atoms with Crippen molar-refractivity contribution in [2.24, 2.45) is 5.92 Å². The minimum Gasteiger partial charge on any atom is -0.504 e. The van der Waals surface area contributed by atoms with Crippen LogP contribution in [-0.2, 0) is 6.42 Å². The van der Waals surface area contributed by atoms with Gasteiger partial charge in [-0.05, 0) is 30.9 Å². The molecule has 5 nitrogen and oxygen atoms in total. The van der Waals surface area contributed by atoms with Crippen LogP contribution in [0, 0.1) is 5.92 Å². The van der Waals surface area contributed by atoms with Gasteiger partial charge in [0.2, 0.25) is 0 Å². The first-order valence-electron chi connectivity index (χ1n) is 5.58. The molecule has 1 aliphatic carbocycles. The Morgan fingerprint density at radius 3 is 2.88 bits per heavy atom. The van der Waals surface area contributed by atoms with Crippen molar-refractivity contribution in [2.75, 3.05) is 0 Å². The van der Waals surface area contributed by atoms with Gasteiger partial charge in [-0.15, -0.1) is 0 Å². The summed E-state index contributed by atoms with van der Waals surface area (Å²) >= 11 is 0. The van der Waals surface area contributed by atoms with Crippen LogP contribution in [0.25, 0.3) is 11.5 Å². The molecular formula is C12H12N2O3. The largest absolute Gasteiger partial charge is 0.504 e. The van der Waals surface area contributed by atoms with Gasteiger partial charge in [0.1, 0.15) is 0 Å². The molecule has 1 fully saturated rings. The highest BCUT2D eigenvalue weighted by Crippen LogP contribution is 2.36. The molecule has 1 aromatic carbocycles. The molecule has 3 rings (SSSR count). The minimum absolute atomic E-state index is 0.190. The number of nitrogens with zero attached hydrogens (tertiary/aromatic N) is 2. The van der Waals surface area contributed by atoms with Gasteiger partial charge in [0.15, 0.2) is 17.3 Å². The highest BCUT2D eigenvalue weighted by Gasteiger charge is 2.24. The first-order chi connectivity index (χ1) is 8.24. The molecule has 0 unspecified atom stereocenters. The second-order valence-electron chi connectivity index (χ2n) is 4.34. The summed E-state index contributed by atoms with van der Waals surface area (Å²) in [7, 11) is 0. The Balaban J connectivity index is 1.91. The van der Waals surface area contributed by atoms with Crippen molar-refractivity contribution in [3.63, 3.8) is 0 Å². The molecule has 0 saturated heterocycles. The number of hydrogen-bond acceptors (Lipinski definition) is 5. The summed E-state index contributed by atoms with van der Waals surface area (Å²) in [4.78, 5) is 4.21. The summed E-state index contributed by atoms with van der Waals surface area (Å²) in [5.74, 6) is 1.16. The van der Waals surface area contributed by atoms with Crippen molar-refractivity contribution in [1.29, 1.82) is 0 Å². The normalized spacial score (nSPS) is 15.1. The van der Waals surface area contributed by atoms with Gasteiger partial charge in [0, 0.05) is 6.42 Å². The van der Waals surface area contributed by atoms with E-state index in [1.165, 1.54) is 18.9 Å². The van der Waals surface area contributed by atoms with Crippen molar-refractivity contribution < 1.29 is 14.7 Å². The Morgan fingerprint density at radius 2 is 2.12 bits per heavy atom. The molecule has 2 aromatic rings. The van der Waals surface area contributed by atoms with Gasteiger partial charge in [-0.25, -0.2) is 0 Å². The van der Waals surface area contributed by atoms with Crippen LogP contribution >= 0.6 is 0 Å². The Morgan fingerprint density at radius 1 is 1.29 bits per heavy atom. The topological polar surface area (TPSA) is 79.4 Å². The Kier molecular flexibility index (Phi) is 2.24. The predicted octanol–water partition coefficient (Wildman–Crippen LogP) is 2.10. The average molecular weight is 232 g/mol. The predicted molar refractivity (Wildman–Crippen MR) is 59.5 cm³/mol. The SMILES string of the molecule is Oc1cccc(-c2nc(CC3CC3)no2)c1O. The number of rotatable bonds is 3. The zero-order valence-electron chi connectivity index (χ0n) is 9.13. The molecule has 1 aromatic heterocycles. The maximum atomic E-state index is 9.68. The number of phenolic OH excluding ortho intramolecular Hbond substituents is 2. The van der Waals surface area contributed by atoms with E-state index in [-0.39, 0.29) is 17.4 Å². The Bertz CT molecular complexity index is 546. The van der Waals surface area contributed by atoms with Crippen molar-refractivity contribution >= 4 is 0 Å². The number of benzene rings is 1. The summed E-state index contributed by atoms with van der Waals surface area (Å²) in [6.45, 7) is 0. The molecule has 0 radical (unpaired) electrons. The van der Waals surface area contributed by atoms with Gasteiger partial charge in [0.25, 0.3) is 5.89 Å². The quantitative estimate of drug-likeness (QED) is 0.792. The van der Waals surface area contributed by atoms with Crippen LogP contribution in [0.2, 0.25) is 0 Å². The van der Waals surface area contributed by atoms with E-state index >= 15 is 0 Å². The zero-order valence-corrected chi connectivity index (χ0v) is 9.13. The van der Waals surface area contributed by atoms with Crippen LogP contribution in [0.5, 0.6) is 11.5 Å². The summed E-state index contributed by atoms with van der Waals surface area (Å²) in [5.41, 5.74) is 0.361. The van der Waals surface area contributed by atoms with Crippen LogP contribution in [0.1, 0.15) is 18.7 Å². The third-order valence-corrected chi connectivity index (χ3v) is 2.88. The van der Waals surface area contributed by atoms with E-state index in [4.69, 9.17) is 4.52 Å². The molecule has 0 atom stereocenters. The average Bonchev–Trinajstić information content (AvgIpc) is 3.00. The molecule has 88 valence electrons. The van der Waals surface area contributed by atoms with Gasteiger partial charge in [0.05, 0.1) is 5.56 Å². The molecule has 0 spiro atoms. The first kappa shape index (κ1) is 10.1. The molecule has 2 N–H and O–H groups in total. The van der Waals surface area contributed by atoms with E-state index in [9.17, 15) is 10.2 Å². The lowest BCUT2D eigenvalue weighted by molar-refractivity contribution is 0.396. The van der Waals surface area contributed by atoms with E-state index in [1.54, 1.807) is 12.1 Å². The summed E-state index contributed by atoms with van der Waals surface area (Å²) in [5, 5.41) is 22.9. The molecule has 0 amide bonds. The maximum Gasteiger partial charge on any atom is 0.261 e. The van der Waals surface area contributed by atoms with Gasteiger partial charge < -0.3 is 14.7 Å². The second-order valence-corrected chi connectivity index (χ2v) is 4.34. The smallest absolute Gasteiger partial charge is 0.261 e. The molecule has 1 heterocycles. The van der Waals surface area contributed by atoms with Gasteiger partial charge >= 0.3 is 0 Å². The highest BCUT2D eigenvalue weighted by atomic mass is 16.5. The summed E-state index contributed by atoms with van der Waals surface area (Å²) in [6.07, 6.45) is 3.27. The second kappa shape index (κ2) is 3.76. The Labute approximate surface area is 97.7 Å². The first-order valence-corrected chi connectivity index (χ1v) is 5.58. The fourth-order valence-electron chi connectivity index (χ4n) is 1.73. The zero-order chi connectivity index (χ0) is 11.8. The standard InChI is InChI=1S/C12H12N2O3/c15-9-3-1-2-8(11(9)16)12-13-10(14-17-12)6-7-4-5-7/h1-3,7,15-16H,4-6H2. The van der Waals surface area contributed by atoms with E-state index in [2.05, 4.69) is 10.1 Å². The van der Waals surface area contributed by atoms with Crippen molar-refractivity contribution in [1.82, 2.24) is 10.1 Å². The molecule has 0 aliphatic heterocycles. The van der Waals surface area contributed by atoms with Gasteiger partial charge in [-0.2, -0.15) is 4.98 Å². The lowest BCUT2D eigenvalue weighted by Crippen LogP contribution is -1.89. The monoisotopic (exact) mass is 232 g/mol.